The molecule has 7 nitrogen and oxygen atoms in total. The van der Waals surface area contributed by atoms with E-state index in [1.807, 2.05) is 19.3 Å². The van der Waals surface area contributed by atoms with E-state index in [9.17, 15) is 8.42 Å². The van der Waals surface area contributed by atoms with Gasteiger partial charge in [-0.05, 0) is 31.0 Å². The molecule has 1 saturated heterocycles. The molecule has 0 radical (unpaired) electrons. The normalized spacial score (nSPS) is 19.8. The Kier molecular flexibility index (Phi) is 3.19. The molecule has 0 atom stereocenters. The lowest BCUT2D eigenvalue weighted by atomic mass is 9.62. The van der Waals surface area contributed by atoms with Gasteiger partial charge in [-0.2, -0.15) is 8.42 Å². The summed E-state index contributed by atoms with van der Waals surface area (Å²) in [7, 11) is -1.33. The Hall–Kier alpha value is -2.19. The zero-order chi connectivity index (χ0) is 18.1. The maximum atomic E-state index is 11.2. The van der Waals surface area contributed by atoms with Crippen LogP contribution in [-0.4, -0.2) is 48.4 Å². The third kappa shape index (κ3) is 2.39. The molecule has 5 rings (SSSR count). The van der Waals surface area contributed by atoms with Crippen LogP contribution in [0.2, 0.25) is 0 Å². The number of pyridine rings is 2. The largest absolute Gasteiger partial charge is 0.355 e. The minimum absolute atomic E-state index is 0.159. The molecule has 8 heteroatoms. The second-order valence-corrected chi connectivity index (χ2v) is 9.28. The standard InChI is InChI=1S/C18H20N4O3S/c1-21-15-5-6-19-9-14(15)13-3-4-16(20-17(13)21)22-10-18(11-22)7-12(8-18)25-26(2,23)24/h3-6,9,12H,7-8,10-11H2,1-2H3. The van der Waals surface area contributed by atoms with Crippen LogP contribution in [0.4, 0.5) is 5.82 Å². The van der Waals surface area contributed by atoms with Gasteiger partial charge in [-0.15, -0.1) is 0 Å². The number of fused-ring (bicyclic) bond motifs is 3. The van der Waals surface area contributed by atoms with Gasteiger partial charge in [-0.1, -0.05) is 0 Å². The maximum absolute atomic E-state index is 11.2. The number of aromatic nitrogens is 3. The van der Waals surface area contributed by atoms with E-state index in [4.69, 9.17) is 9.17 Å². The first-order valence-electron chi connectivity index (χ1n) is 8.66. The molecule has 2 aliphatic rings. The molecule has 1 saturated carbocycles. The van der Waals surface area contributed by atoms with Crippen molar-refractivity contribution in [1.29, 1.82) is 0 Å². The van der Waals surface area contributed by atoms with Crippen molar-refractivity contribution < 1.29 is 12.6 Å². The summed E-state index contributed by atoms with van der Waals surface area (Å²) in [4.78, 5) is 11.4. The molecule has 1 aliphatic heterocycles. The quantitative estimate of drug-likeness (QED) is 0.655. The van der Waals surface area contributed by atoms with Crippen LogP contribution in [0.3, 0.4) is 0 Å². The van der Waals surface area contributed by atoms with Gasteiger partial charge < -0.3 is 9.47 Å². The monoisotopic (exact) mass is 372 g/mol. The second kappa shape index (κ2) is 5.17. The van der Waals surface area contributed by atoms with Crippen LogP contribution >= 0.6 is 0 Å². The highest BCUT2D eigenvalue weighted by Gasteiger charge is 2.54. The fraction of sp³-hybridized carbons (Fsp3) is 0.444. The highest BCUT2D eigenvalue weighted by atomic mass is 32.2. The van der Waals surface area contributed by atoms with E-state index < -0.39 is 10.1 Å². The van der Waals surface area contributed by atoms with E-state index in [1.54, 1.807) is 6.20 Å². The topological polar surface area (TPSA) is 77.3 Å². The van der Waals surface area contributed by atoms with Crippen molar-refractivity contribution in [2.24, 2.45) is 12.5 Å². The van der Waals surface area contributed by atoms with E-state index in [0.717, 1.165) is 59.9 Å². The Morgan fingerprint density at radius 1 is 1.19 bits per heavy atom. The van der Waals surface area contributed by atoms with Crippen molar-refractivity contribution >= 4 is 37.9 Å². The van der Waals surface area contributed by atoms with Gasteiger partial charge in [0.2, 0.25) is 0 Å². The Labute approximate surface area is 151 Å². The van der Waals surface area contributed by atoms with Gasteiger partial charge >= 0.3 is 0 Å². The summed E-state index contributed by atoms with van der Waals surface area (Å²) < 4.78 is 29.6. The minimum Gasteiger partial charge on any atom is -0.355 e. The lowest BCUT2D eigenvalue weighted by Gasteiger charge is -2.58. The molecule has 26 heavy (non-hydrogen) atoms. The number of hydrogen-bond acceptors (Lipinski definition) is 6. The van der Waals surface area contributed by atoms with E-state index in [-0.39, 0.29) is 11.5 Å². The van der Waals surface area contributed by atoms with Gasteiger partial charge in [-0.3, -0.25) is 9.17 Å². The molecular formula is C18H20N4O3S. The molecule has 3 aromatic rings. The van der Waals surface area contributed by atoms with Crippen molar-refractivity contribution in [3.63, 3.8) is 0 Å². The molecule has 4 heterocycles. The van der Waals surface area contributed by atoms with Crippen LogP contribution < -0.4 is 4.90 Å². The Morgan fingerprint density at radius 3 is 2.69 bits per heavy atom. The number of hydrogen-bond donors (Lipinski definition) is 0. The molecule has 1 spiro atoms. The van der Waals surface area contributed by atoms with E-state index in [0.29, 0.717) is 0 Å². The molecule has 3 aromatic heterocycles. The number of aryl methyl sites for hydroxylation is 1. The summed E-state index contributed by atoms with van der Waals surface area (Å²) in [5, 5.41) is 2.23. The van der Waals surface area contributed by atoms with E-state index >= 15 is 0 Å². The van der Waals surface area contributed by atoms with Crippen LogP contribution in [0.15, 0.2) is 30.6 Å². The lowest BCUT2D eigenvalue weighted by molar-refractivity contribution is -0.0303. The molecule has 0 N–H and O–H groups in total. The summed E-state index contributed by atoms with van der Waals surface area (Å²) in [6.45, 7) is 1.81. The Morgan fingerprint density at radius 2 is 1.96 bits per heavy atom. The second-order valence-electron chi connectivity index (χ2n) is 7.68. The first-order valence-corrected chi connectivity index (χ1v) is 10.5. The third-order valence-corrected chi connectivity index (χ3v) is 6.26. The predicted octanol–water partition coefficient (Wildman–Crippen LogP) is 2.07. The molecule has 0 unspecified atom stereocenters. The fourth-order valence-electron chi connectivity index (χ4n) is 4.49. The van der Waals surface area contributed by atoms with Crippen molar-refractivity contribution in [3.8, 4) is 0 Å². The lowest BCUT2D eigenvalue weighted by Crippen LogP contribution is -2.64. The van der Waals surface area contributed by atoms with Crippen molar-refractivity contribution in [3.05, 3.63) is 30.6 Å². The molecule has 0 aromatic carbocycles. The van der Waals surface area contributed by atoms with Crippen LogP contribution in [0, 0.1) is 5.41 Å². The van der Waals surface area contributed by atoms with Crippen LogP contribution in [0.5, 0.6) is 0 Å². The zero-order valence-corrected chi connectivity index (χ0v) is 15.5. The van der Waals surface area contributed by atoms with Crippen LogP contribution in [0.1, 0.15) is 12.8 Å². The van der Waals surface area contributed by atoms with Gasteiger partial charge in [0.15, 0.2) is 0 Å². The van der Waals surface area contributed by atoms with Crippen LogP contribution in [-0.2, 0) is 21.3 Å². The molecule has 136 valence electrons. The molecule has 1 aliphatic carbocycles. The van der Waals surface area contributed by atoms with Crippen molar-refractivity contribution in [2.45, 2.75) is 18.9 Å². The smallest absolute Gasteiger partial charge is 0.264 e. The predicted molar refractivity (Wildman–Crippen MR) is 99.6 cm³/mol. The average molecular weight is 372 g/mol. The van der Waals surface area contributed by atoms with Gasteiger partial charge in [0.05, 0.1) is 17.9 Å². The van der Waals surface area contributed by atoms with E-state index in [2.05, 4.69) is 26.6 Å². The summed E-state index contributed by atoms with van der Waals surface area (Å²) in [6, 6.07) is 6.18. The molecular weight excluding hydrogens is 352 g/mol. The first-order chi connectivity index (χ1) is 12.3. The molecule has 0 bridgehead atoms. The summed E-state index contributed by atoms with van der Waals surface area (Å²) in [5.41, 5.74) is 2.27. The summed E-state index contributed by atoms with van der Waals surface area (Å²) in [5.74, 6) is 0.967. The highest BCUT2D eigenvalue weighted by molar-refractivity contribution is 7.86. The Bertz CT molecular complexity index is 1120. The molecule has 2 fully saturated rings. The fourth-order valence-corrected chi connectivity index (χ4v) is 5.12. The summed E-state index contributed by atoms with van der Waals surface area (Å²) >= 11 is 0. The SMILES string of the molecule is Cn1c2ccncc2c2ccc(N3CC4(CC(OS(C)(=O)=O)C4)C3)nc21. The van der Waals surface area contributed by atoms with Gasteiger partial charge in [0.25, 0.3) is 10.1 Å². The Balaban J connectivity index is 1.36. The van der Waals surface area contributed by atoms with Gasteiger partial charge in [0.1, 0.15) is 11.5 Å². The number of nitrogens with zero attached hydrogens (tertiary/aromatic N) is 4. The van der Waals surface area contributed by atoms with Gasteiger partial charge in [0, 0.05) is 48.7 Å². The zero-order valence-electron chi connectivity index (χ0n) is 14.7. The number of anilines is 1. The third-order valence-electron chi connectivity index (χ3n) is 5.64. The maximum Gasteiger partial charge on any atom is 0.264 e. The van der Waals surface area contributed by atoms with E-state index in [1.165, 1.54) is 0 Å². The minimum atomic E-state index is -3.36. The average Bonchev–Trinajstić information content (AvgIpc) is 2.80. The highest BCUT2D eigenvalue weighted by Crippen LogP contribution is 2.51. The first kappa shape index (κ1) is 16.0. The summed E-state index contributed by atoms with van der Waals surface area (Å²) in [6.07, 6.45) is 6.25. The van der Waals surface area contributed by atoms with Gasteiger partial charge in [-0.25, -0.2) is 4.98 Å². The number of rotatable bonds is 3. The van der Waals surface area contributed by atoms with Crippen molar-refractivity contribution in [1.82, 2.24) is 14.5 Å². The van der Waals surface area contributed by atoms with Crippen LogP contribution in [0.25, 0.3) is 21.9 Å². The molecule has 0 amide bonds. The van der Waals surface area contributed by atoms with Crippen molar-refractivity contribution in [2.75, 3.05) is 24.2 Å².